The molecule has 4 heteroatoms. The molecular formula is C11H18N2O2. The highest BCUT2D eigenvalue weighted by Crippen LogP contribution is 2.15. The first-order valence-corrected chi connectivity index (χ1v) is 4.97. The zero-order valence-electron chi connectivity index (χ0n) is 9.46. The molecule has 0 saturated heterocycles. The number of carbonyl (C=O) groups is 1. The molecule has 0 saturated carbocycles. The van der Waals surface area contributed by atoms with Crippen LogP contribution in [0, 0.1) is 5.41 Å². The summed E-state index contributed by atoms with van der Waals surface area (Å²) in [5, 5.41) is 3.22. The van der Waals surface area contributed by atoms with E-state index in [1.807, 2.05) is 32.3 Å². The van der Waals surface area contributed by atoms with E-state index in [9.17, 15) is 4.79 Å². The van der Waals surface area contributed by atoms with E-state index in [1.54, 1.807) is 0 Å². The average Bonchev–Trinajstić information content (AvgIpc) is 2.69. The van der Waals surface area contributed by atoms with E-state index in [4.69, 9.17) is 4.74 Å². The molecule has 0 atom stereocenters. The Hall–Kier alpha value is -1.29. The van der Waals surface area contributed by atoms with Crippen molar-refractivity contribution < 1.29 is 9.53 Å². The summed E-state index contributed by atoms with van der Waals surface area (Å²) < 4.78 is 4.72. The number of rotatable bonds is 5. The number of aromatic amines is 1. The second-order valence-electron chi connectivity index (χ2n) is 4.20. The van der Waals surface area contributed by atoms with Gasteiger partial charge < -0.3 is 15.0 Å². The number of H-pyrrole nitrogens is 1. The Morgan fingerprint density at radius 2 is 2.33 bits per heavy atom. The third kappa shape index (κ3) is 3.40. The lowest BCUT2D eigenvalue weighted by Gasteiger charge is -2.21. The molecule has 0 bridgehead atoms. The summed E-state index contributed by atoms with van der Waals surface area (Å²) in [6.45, 7) is 5.08. The van der Waals surface area contributed by atoms with Crippen LogP contribution in [-0.4, -0.2) is 24.6 Å². The fourth-order valence-corrected chi connectivity index (χ4v) is 1.34. The van der Waals surface area contributed by atoms with Gasteiger partial charge in [0, 0.05) is 25.5 Å². The molecule has 1 aromatic heterocycles. The third-order valence-electron chi connectivity index (χ3n) is 2.30. The minimum absolute atomic E-state index is 0.191. The maximum Gasteiger partial charge on any atom is 0.312 e. The van der Waals surface area contributed by atoms with Gasteiger partial charge in [-0.25, -0.2) is 0 Å². The van der Waals surface area contributed by atoms with Gasteiger partial charge in [-0.15, -0.1) is 0 Å². The van der Waals surface area contributed by atoms with Gasteiger partial charge in [-0.2, -0.15) is 0 Å². The van der Waals surface area contributed by atoms with Crippen molar-refractivity contribution in [2.45, 2.75) is 20.4 Å². The molecule has 4 nitrogen and oxygen atoms in total. The Balaban J connectivity index is 2.33. The Bertz CT molecular complexity index is 304. The first-order valence-electron chi connectivity index (χ1n) is 4.97. The standard InChI is InChI=1S/C11H18N2O2/c1-11(2,10(14)15-3)8-13-7-9-4-5-12-6-9/h4-6,12-13H,7-8H2,1-3H3. The van der Waals surface area contributed by atoms with Gasteiger partial charge in [-0.3, -0.25) is 4.79 Å². The van der Waals surface area contributed by atoms with Crippen LogP contribution in [-0.2, 0) is 16.1 Å². The topological polar surface area (TPSA) is 54.1 Å². The van der Waals surface area contributed by atoms with Gasteiger partial charge in [0.1, 0.15) is 0 Å². The molecule has 0 aromatic carbocycles. The van der Waals surface area contributed by atoms with Gasteiger partial charge in [0.25, 0.3) is 0 Å². The first kappa shape index (κ1) is 11.8. The molecule has 15 heavy (non-hydrogen) atoms. The van der Waals surface area contributed by atoms with Gasteiger partial charge in [-0.1, -0.05) is 0 Å². The highest BCUT2D eigenvalue weighted by atomic mass is 16.5. The van der Waals surface area contributed by atoms with Crippen molar-refractivity contribution >= 4 is 5.97 Å². The number of carbonyl (C=O) groups excluding carboxylic acids is 1. The molecule has 1 heterocycles. The number of nitrogens with one attached hydrogen (secondary N) is 2. The molecule has 0 fully saturated rings. The van der Waals surface area contributed by atoms with Crippen LogP contribution in [0.15, 0.2) is 18.5 Å². The lowest BCUT2D eigenvalue weighted by atomic mass is 9.94. The maximum absolute atomic E-state index is 11.4. The largest absolute Gasteiger partial charge is 0.469 e. The summed E-state index contributed by atoms with van der Waals surface area (Å²) in [4.78, 5) is 14.3. The van der Waals surface area contributed by atoms with Crippen LogP contribution in [0.3, 0.4) is 0 Å². The SMILES string of the molecule is COC(=O)C(C)(C)CNCc1cc[nH]c1. The number of ether oxygens (including phenoxy) is 1. The highest BCUT2D eigenvalue weighted by Gasteiger charge is 2.27. The molecule has 0 radical (unpaired) electrons. The summed E-state index contributed by atoms with van der Waals surface area (Å²) in [6.07, 6.45) is 3.81. The van der Waals surface area contributed by atoms with Crippen molar-refractivity contribution in [1.29, 1.82) is 0 Å². The average molecular weight is 210 g/mol. The summed E-state index contributed by atoms with van der Waals surface area (Å²) in [5.41, 5.74) is 0.695. The fourth-order valence-electron chi connectivity index (χ4n) is 1.34. The van der Waals surface area contributed by atoms with Crippen LogP contribution in [0.25, 0.3) is 0 Å². The second kappa shape index (κ2) is 4.98. The molecule has 0 aliphatic rings. The van der Waals surface area contributed by atoms with E-state index >= 15 is 0 Å². The lowest BCUT2D eigenvalue weighted by molar-refractivity contribution is -0.150. The Morgan fingerprint density at radius 1 is 1.60 bits per heavy atom. The Morgan fingerprint density at radius 3 is 2.87 bits per heavy atom. The van der Waals surface area contributed by atoms with Crippen LogP contribution in [0.2, 0.25) is 0 Å². The van der Waals surface area contributed by atoms with E-state index in [2.05, 4.69) is 10.3 Å². The zero-order valence-corrected chi connectivity index (χ0v) is 9.46. The molecule has 0 aliphatic carbocycles. The maximum atomic E-state index is 11.4. The monoisotopic (exact) mass is 210 g/mol. The molecule has 1 aromatic rings. The van der Waals surface area contributed by atoms with Crippen LogP contribution in [0.1, 0.15) is 19.4 Å². The second-order valence-corrected chi connectivity index (χ2v) is 4.20. The summed E-state index contributed by atoms with van der Waals surface area (Å²) in [5.74, 6) is -0.191. The van der Waals surface area contributed by atoms with Crippen molar-refractivity contribution in [2.24, 2.45) is 5.41 Å². The highest BCUT2D eigenvalue weighted by molar-refractivity contribution is 5.76. The number of methoxy groups -OCH3 is 1. The number of esters is 1. The smallest absolute Gasteiger partial charge is 0.312 e. The summed E-state index contributed by atoms with van der Waals surface area (Å²) in [7, 11) is 1.41. The predicted molar refractivity (Wildman–Crippen MR) is 58.3 cm³/mol. The van der Waals surface area contributed by atoms with Crippen molar-refractivity contribution in [3.05, 3.63) is 24.0 Å². The Kier molecular flexibility index (Phi) is 3.91. The molecule has 0 aliphatic heterocycles. The van der Waals surface area contributed by atoms with Crippen molar-refractivity contribution in [3.8, 4) is 0 Å². The van der Waals surface area contributed by atoms with Crippen molar-refractivity contribution in [1.82, 2.24) is 10.3 Å². The first-order chi connectivity index (χ1) is 7.06. The van der Waals surface area contributed by atoms with E-state index < -0.39 is 5.41 Å². The number of hydrogen-bond donors (Lipinski definition) is 2. The van der Waals surface area contributed by atoms with Gasteiger partial charge in [0.2, 0.25) is 0 Å². The fraction of sp³-hybridized carbons (Fsp3) is 0.545. The van der Waals surface area contributed by atoms with Crippen LogP contribution in [0.4, 0.5) is 0 Å². The quantitative estimate of drug-likeness (QED) is 0.720. The van der Waals surface area contributed by atoms with Crippen LogP contribution < -0.4 is 5.32 Å². The number of hydrogen-bond acceptors (Lipinski definition) is 3. The molecule has 0 spiro atoms. The van der Waals surface area contributed by atoms with Gasteiger partial charge >= 0.3 is 5.97 Å². The molecule has 0 amide bonds. The van der Waals surface area contributed by atoms with Gasteiger partial charge in [-0.05, 0) is 25.5 Å². The molecule has 1 rings (SSSR count). The zero-order chi connectivity index (χ0) is 11.3. The Labute approximate surface area is 90.0 Å². The predicted octanol–water partition coefficient (Wildman–Crippen LogP) is 1.30. The van der Waals surface area contributed by atoms with Gasteiger partial charge in [0.05, 0.1) is 12.5 Å². The third-order valence-corrected chi connectivity index (χ3v) is 2.30. The van der Waals surface area contributed by atoms with Gasteiger partial charge in [0.15, 0.2) is 0 Å². The van der Waals surface area contributed by atoms with E-state index in [0.717, 1.165) is 6.54 Å². The minimum Gasteiger partial charge on any atom is -0.469 e. The molecule has 84 valence electrons. The van der Waals surface area contributed by atoms with Crippen molar-refractivity contribution in [2.75, 3.05) is 13.7 Å². The molecular weight excluding hydrogens is 192 g/mol. The summed E-state index contributed by atoms with van der Waals surface area (Å²) in [6, 6.07) is 2.00. The number of aromatic nitrogens is 1. The van der Waals surface area contributed by atoms with Crippen LogP contribution in [0.5, 0.6) is 0 Å². The van der Waals surface area contributed by atoms with Crippen LogP contribution >= 0.6 is 0 Å². The van der Waals surface area contributed by atoms with E-state index in [1.165, 1.54) is 12.7 Å². The molecule has 2 N–H and O–H groups in total. The van der Waals surface area contributed by atoms with E-state index in [-0.39, 0.29) is 5.97 Å². The molecule has 0 unspecified atom stereocenters. The summed E-state index contributed by atoms with van der Waals surface area (Å²) >= 11 is 0. The normalized spacial score (nSPS) is 11.4. The van der Waals surface area contributed by atoms with Crippen molar-refractivity contribution in [3.63, 3.8) is 0 Å². The van der Waals surface area contributed by atoms with E-state index in [0.29, 0.717) is 6.54 Å². The minimum atomic E-state index is -0.481. The lowest BCUT2D eigenvalue weighted by Crippen LogP contribution is -2.36.